The third kappa shape index (κ3) is 10.8. The van der Waals surface area contributed by atoms with Gasteiger partial charge in [0.05, 0.1) is 58.9 Å². The van der Waals surface area contributed by atoms with Gasteiger partial charge in [-0.15, -0.1) is 11.3 Å². The highest BCUT2D eigenvalue weighted by molar-refractivity contribution is 7.89. The van der Waals surface area contributed by atoms with Crippen LogP contribution < -0.4 is 30.8 Å². The van der Waals surface area contributed by atoms with Crippen LogP contribution >= 0.6 is 11.3 Å². The number of pyridine rings is 2. The number of benzene rings is 2. The molecule has 3 atom stereocenters. The predicted octanol–water partition coefficient (Wildman–Crippen LogP) is 7.60. The number of carbonyl (C=O) groups is 2. The smallest absolute Gasteiger partial charge is 0.275 e. The maximum absolute atomic E-state index is 15.6. The molecule has 1 fully saturated rings. The molecule has 0 saturated carbocycles. The second-order valence-corrected chi connectivity index (χ2v) is 22.0. The number of likely N-dealkylation sites (tertiary alicyclic amines) is 1. The second kappa shape index (κ2) is 21.2. The minimum atomic E-state index is -3.69. The lowest BCUT2D eigenvalue weighted by Gasteiger charge is -2.32. The van der Waals surface area contributed by atoms with Crippen LogP contribution in [0.3, 0.4) is 0 Å². The molecule has 74 heavy (non-hydrogen) atoms. The number of aliphatic hydroxyl groups is 1. The Morgan fingerprint density at radius 2 is 1.86 bits per heavy atom. The predicted molar refractivity (Wildman–Crippen MR) is 275 cm³/mol. The van der Waals surface area contributed by atoms with E-state index in [0.717, 1.165) is 28.6 Å². The maximum Gasteiger partial charge on any atom is 0.275 e. The Labute approximate surface area is 428 Å². The fourth-order valence-electron chi connectivity index (χ4n) is 9.73. The molecule has 0 aliphatic carbocycles. The first-order valence-corrected chi connectivity index (χ1v) is 26.9. The first-order valence-electron chi connectivity index (χ1n) is 24.0. The van der Waals surface area contributed by atoms with E-state index in [9.17, 15) is 32.3 Å². The number of nitrogens with zero attached hydrogens (tertiary/aromatic N) is 6. The zero-order valence-corrected chi connectivity index (χ0v) is 42.9. The largest absolute Gasteiger partial charge is 0.476 e. The van der Waals surface area contributed by atoms with E-state index in [-0.39, 0.29) is 72.5 Å². The summed E-state index contributed by atoms with van der Waals surface area (Å²) in [6.45, 7) is 10.9. The van der Waals surface area contributed by atoms with Crippen LogP contribution in [-0.4, -0.2) is 93.0 Å². The molecule has 2 amide bonds. The average molecular weight is 1050 g/mol. The number of unbranched alkanes of at least 4 members (excludes halogenated alkanes) is 2. The van der Waals surface area contributed by atoms with E-state index in [1.54, 1.807) is 65.5 Å². The van der Waals surface area contributed by atoms with E-state index in [0.29, 0.717) is 70.3 Å². The van der Waals surface area contributed by atoms with E-state index >= 15 is 4.39 Å². The summed E-state index contributed by atoms with van der Waals surface area (Å²) < 4.78 is 68.5. The number of carbonyl (C=O) groups excluding carboxylic acids is 2. The van der Waals surface area contributed by atoms with Gasteiger partial charge in [-0.25, -0.2) is 27.2 Å². The van der Waals surface area contributed by atoms with Crippen molar-refractivity contribution in [3.05, 3.63) is 135 Å². The standard InChI is InChI=1S/C52H55F2N9O9S2/c1-28(2)45(30(4)62-24-35(64)18-42(62)51(66)60-71-36-12-10-31(11-13-36)48-29(3)58-27-73-48)43-20-44(59-72-43)70-15-9-7-8-14-55-50(65)37-19-41-38(16-32(37)26-74(6,68)69)39-25-61(5)52(67)47-46(39)33(21-56-47)23-63(41)49-40(54)17-34(53)22-57-49/h10-13,16-17,19-22,25,27-28,35,42,45,56,64H,4,7-9,14-15,18,23-24,26H2,1-3,5-6H3,(H,55,65)(H,60,66)/t35?,42-,45?/m0/s1. The number of anilines is 2. The van der Waals surface area contributed by atoms with Gasteiger partial charge >= 0.3 is 0 Å². The van der Waals surface area contributed by atoms with Crippen LogP contribution in [0.25, 0.3) is 32.5 Å². The molecule has 0 bridgehead atoms. The minimum Gasteiger partial charge on any atom is -0.476 e. The van der Waals surface area contributed by atoms with E-state index < -0.39 is 57.1 Å². The summed E-state index contributed by atoms with van der Waals surface area (Å²) in [4.78, 5) is 62.1. The number of aryl methyl sites for hydroxylation is 2. The first-order chi connectivity index (χ1) is 35.3. The number of aliphatic hydroxyl groups excluding tert-OH is 1. The van der Waals surface area contributed by atoms with Gasteiger partial charge in [0.25, 0.3) is 23.3 Å². The second-order valence-electron chi connectivity index (χ2n) is 19.0. The van der Waals surface area contributed by atoms with Gasteiger partial charge in [-0.3, -0.25) is 14.4 Å². The third-order valence-electron chi connectivity index (χ3n) is 13.2. The lowest BCUT2D eigenvalue weighted by molar-refractivity contribution is -0.131. The summed E-state index contributed by atoms with van der Waals surface area (Å²) in [6, 6.07) is 12.0. The fraction of sp³-hybridized carbons (Fsp3) is 0.346. The van der Waals surface area contributed by atoms with Crippen LogP contribution in [-0.2, 0) is 34.0 Å². The highest BCUT2D eigenvalue weighted by Crippen LogP contribution is 2.45. The van der Waals surface area contributed by atoms with Crippen molar-refractivity contribution >= 4 is 55.4 Å². The molecule has 5 aromatic heterocycles. The number of sulfone groups is 1. The molecular formula is C52H55F2N9O9S2. The average Bonchev–Trinajstić information content (AvgIpc) is 4.17. The van der Waals surface area contributed by atoms with Gasteiger partial charge in [-0.2, -0.15) is 5.48 Å². The topological polar surface area (TPSA) is 227 Å². The van der Waals surface area contributed by atoms with Crippen molar-refractivity contribution in [2.24, 2.45) is 13.0 Å². The van der Waals surface area contributed by atoms with Crippen molar-refractivity contribution in [3.8, 4) is 33.2 Å². The van der Waals surface area contributed by atoms with Crippen LogP contribution in [0.2, 0.25) is 0 Å². The number of thiazole rings is 1. The monoisotopic (exact) mass is 1050 g/mol. The number of H-pyrrole nitrogens is 1. The molecule has 388 valence electrons. The fourth-order valence-corrected chi connectivity index (χ4v) is 11.3. The SMILES string of the molecule is C=C(C(c1cc(OCCCCCNC(=O)c2cc3c(cc2CS(C)(=O)=O)-c2cn(C)c(=O)c4[nH]cc(c24)CN3c2ncc(F)cc2F)no1)C(C)C)N1CC(O)C[C@H]1C(=O)NOc1ccc(-c2scnc2C)cc1. The zero-order valence-electron chi connectivity index (χ0n) is 41.3. The lowest BCUT2D eigenvalue weighted by atomic mass is 9.89. The maximum atomic E-state index is 15.6. The van der Waals surface area contributed by atoms with E-state index in [4.69, 9.17) is 14.1 Å². The molecule has 2 aliphatic rings. The van der Waals surface area contributed by atoms with E-state index in [1.807, 2.05) is 32.9 Å². The number of allylic oxidation sites excluding steroid dienone is 1. The molecule has 2 aromatic carbocycles. The molecule has 4 N–H and O–H groups in total. The Bertz CT molecular complexity index is 3440. The summed E-state index contributed by atoms with van der Waals surface area (Å²) in [6.07, 6.45) is 6.31. The molecular weight excluding hydrogens is 997 g/mol. The molecule has 7 aromatic rings. The van der Waals surface area contributed by atoms with Crippen molar-refractivity contribution in [2.45, 2.75) is 76.8 Å². The third-order valence-corrected chi connectivity index (χ3v) is 15.0. The van der Waals surface area contributed by atoms with Crippen LogP contribution in [0.5, 0.6) is 11.6 Å². The number of aromatic nitrogens is 5. The quantitative estimate of drug-likeness (QED) is 0.0452. The number of amides is 2. The first kappa shape index (κ1) is 51.5. The van der Waals surface area contributed by atoms with Crippen LogP contribution in [0, 0.1) is 24.5 Å². The number of hydrogen-bond donors (Lipinski definition) is 4. The van der Waals surface area contributed by atoms with Crippen LogP contribution in [0.1, 0.15) is 78.4 Å². The van der Waals surface area contributed by atoms with Gasteiger partial charge < -0.3 is 43.9 Å². The summed E-state index contributed by atoms with van der Waals surface area (Å²) in [5, 5.41) is 18.3. The molecule has 0 spiro atoms. The van der Waals surface area contributed by atoms with Crippen molar-refractivity contribution in [1.82, 2.24) is 40.4 Å². The normalized spacial score (nSPS) is 15.8. The highest BCUT2D eigenvalue weighted by Gasteiger charge is 2.41. The molecule has 18 nitrogen and oxygen atoms in total. The van der Waals surface area contributed by atoms with Gasteiger partial charge in [-0.05, 0) is 90.3 Å². The van der Waals surface area contributed by atoms with E-state index in [1.165, 1.54) is 15.5 Å². The van der Waals surface area contributed by atoms with Crippen LogP contribution in [0.15, 0.2) is 94.2 Å². The minimum absolute atomic E-state index is 0.0202. The van der Waals surface area contributed by atoms with Crippen molar-refractivity contribution < 1.29 is 46.0 Å². The van der Waals surface area contributed by atoms with E-state index in [2.05, 4.69) is 37.5 Å². The zero-order chi connectivity index (χ0) is 52.6. The Kier molecular flexibility index (Phi) is 14.7. The molecule has 7 heterocycles. The number of β-amino-alcohol motifs (C(OH)–C–C–N with tert-alkyl or cyclic N) is 1. The van der Waals surface area contributed by atoms with Crippen molar-refractivity contribution in [1.29, 1.82) is 0 Å². The van der Waals surface area contributed by atoms with Gasteiger partial charge in [0.15, 0.2) is 27.2 Å². The number of hydroxylamine groups is 1. The Balaban J connectivity index is 0.817. The van der Waals surface area contributed by atoms with Gasteiger partial charge in [-0.1, -0.05) is 20.4 Å². The van der Waals surface area contributed by atoms with Gasteiger partial charge in [0, 0.05) is 85.1 Å². The summed E-state index contributed by atoms with van der Waals surface area (Å²) in [5.74, 6) is -2.85. The number of fused-ring (bicyclic) bond motifs is 2. The number of nitrogens with one attached hydrogen (secondary N) is 3. The summed E-state index contributed by atoms with van der Waals surface area (Å²) in [7, 11) is -2.11. The van der Waals surface area contributed by atoms with Gasteiger partial charge in [0.2, 0.25) is 0 Å². The Morgan fingerprint density at radius 1 is 1.08 bits per heavy atom. The Morgan fingerprint density at radius 3 is 2.58 bits per heavy atom. The molecule has 22 heteroatoms. The lowest BCUT2D eigenvalue weighted by Crippen LogP contribution is -2.45. The molecule has 1 saturated heterocycles. The Hall–Kier alpha value is -7.43. The summed E-state index contributed by atoms with van der Waals surface area (Å²) >= 11 is 1.54. The number of aromatic amines is 1. The van der Waals surface area contributed by atoms with Crippen molar-refractivity contribution in [3.63, 3.8) is 0 Å². The molecule has 9 rings (SSSR count). The summed E-state index contributed by atoms with van der Waals surface area (Å²) in [5.41, 5.74) is 8.89. The number of hydrogen-bond acceptors (Lipinski definition) is 15. The number of halogens is 2. The van der Waals surface area contributed by atoms with Gasteiger partial charge in [0.1, 0.15) is 23.1 Å². The molecule has 2 aliphatic heterocycles. The van der Waals surface area contributed by atoms with Crippen molar-refractivity contribution in [2.75, 3.05) is 30.9 Å². The molecule has 2 unspecified atom stereocenters. The number of rotatable bonds is 19. The number of ether oxygens (including phenoxy) is 1. The molecule has 0 radical (unpaired) electrons. The highest BCUT2D eigenvalue weighted by atomic mass is 32.2. The van der Waals surface area contributed by atoms with Crippen LogP contribution in [0.4, 0.5) is 20.3 Å².